The second-order valence-electron chi connectivity index (χ2n) is 6.40. The van der Waals surface area contributed by atoms with Crippen LogP contribution < -0.4 is 15.1 Å². The number of nitrogens with one attached hydrogen (secondary N) is 1. The second kappa shape index (κ2) is 7.36. The summed E-state index contributed by atoms with van der Waals surface area (Å²) in [5.41, 5.74) is 2.86. The number of anilines is 2. The van der Waals surface area contributed by atoms with Gasteiger partial charge in [-0.05, 0) is 64.3 Å². The molecule has 2 aromatic carbocycles. The van der Waals surface area contributed by atoms with Crippen LogP contribution in [-0.4, -0.2) is 31.9 Å². The lowest BCUT2D eigenvalue weighted by Gasteiger charge is -2.26. The first-order chi connectivity index (χ1) is 12.8. The molecule has 0 aliphatic carbocycles. The number of carbonyl (C=O) groups excluding carboxylic acids is 3. The van der Waals surface area contributed by atoms with Crippen molar-refractivity contribution in [1.82, 2.24) is 5.32 Å². The van der Waals surface area contributed by atoms with E-state index in [1.165, 1.54) is 6.08 Å². The van der Waals surface area contributed by atoms with E-state index in [9.17, 15) is 14.4 Å². The van der Waals surface area contributed by atoms with Crippen LogP contribution in [0.1, 0.15) is 11.1 Å². The number of barbiturate groups is 1. The number of hydrogen-bond acceptors (Lipinski definition) is 4. The number of hydrogen-bond donors (Lipinski definition) is 1. The minimum Gasteiger partial charge on any atom is -0.377 e. The van der Waals surface area contributed by atoms with Crippen LogP contribution in [0.5, 0.6) is 0 Å². The number of imide groups is 2. The fraction of sp³-hybridized carbons (Fsp3) is 0.150. The number of urea groups is 1. The quantitative estimate of drug-likeness (QED) is 0.601. The third-order valence-electron chi connectivity index (χ3n) is 4.13. The smallest absolute Gasteiger partial charge is 0.335 e. The Morgan fingerprint density at radius 3 is 2.44 bits per heavy atom. The Bertz CT molecular complexity index is 982. The molecule has 1 saturated heterocycles. The molecule has 1 N–H and O–H groups in total. The Labute approximate surface area is 165 Å². The van der Waals surface area contributed by atoms with Crippen molar-refractivity contribution >= 4 is 51.2 Å². The summed E-state index contributed by atoms with van der Waals surface area (Å²) >= 11 is 3.49. The molecule has 1 aliphatic heterocycles. The van der Waals surface area contributed by atoms with Crippen LogP contribution in [-0.2, 0) is 9.59 Å². The van der Waals surface area contributed by atoms with E-state index in [1.54, 1.807) is 24.3 Å². The first-order valence-corrected chi connectivity index (χ1v) is 9.02. The minimum absolute atomic E-state index is 0.0967. The van der Waals surface area contributed by atoms with E-state index in [4.69, 9.17) is 0 Å². The number of halogens is 1. The fourth-order valence-corrected chi connectivity index (χ4v) is 3.55. The van der Waals surface area contributed by atoms with Crippen LogP contribution in [0, 0.1) is 6.92 Å². The number of benzene rings is 2. The minimum atomic E-state index is -0.753. The molecule has 4 amide bonds. The molecule has 7 heteroatoms. The van der Waals surface area contributed by atoms with E-state index in [0.717, 1.165) is 20.6 Å². The summed E-state index contributed by atoms with van der Waals surface area (Å²) in [6.07, 6.45) is 1.48. The highest BCUT2D eigenvalue weighted by Crippen LogP contribution is 2.28. The maximum Gasteiger partial charge on any atom is 0.335 e. The predicted octanol–water partition coefficient (Wildman–Crippen LogP) is 3.49. The molecular weight excluding hydrogens is 410 g/mol. The van der Waals surface area contributed by atoms with Gasteiger partial charge in [-0.3, -0.25) is 14.9 Å². The lowest BCUT2D eigenvalue weighted by molar-refractivity contribution is -0.122. The van der Waals surface area contributed by atoms with Gasteiger partial charge in [-0.2, -0.15) is 0 Å². The van der Waals surface area contributed by atoms with Crippen molar-refractivity contribution in [3.05, 3.63) is 63.6 Å². The van der Waals surface area contributed by atoms with Gasteiger partial charge in [0.1, 0.15) is 5.57 Å². The van der Waals surface area contributed by atoms with Crippen molar-refractivity contribution in [2.45, 2.75) is 6.92 Å². The first-order valence-electron chi connectivity index (χ1n) is 8.23. The average Bonchev–Trinajstić information content (AvgIpc) is 2.58. The van der Waals surface area contributed by atoms with E-state index in [-0.39, 0.29) is 5.57 Å². The summed E-state index contributed by atoms with van der Waals surface area (Å²) < 4.78 is 0.831. The molecule has 3 rings (SSSR count). The summed E-state index contributed by atoms with van der Waals surface area (Å²) in [6, 6.07) is 11.7. The van der Waals surface area contributed by atoms with Crippen molar-refractivity contribution in [2.24, 2.45) is 0 Å². The molecule has 0 spiro atoms. The number of amides is 4. The Morgan fingerprint density at radius 2 is 1.81 bits per heavy atom. The van der Waals surface area contributed by atoms with Crippen LogP contribution >= 0.6 is 15.9 Å². The molecule has 1 aliphatic rings. The summed E-state index contributed by atoms with van der Waals surface area (Å²) in [5, 5.41) is 2.23. The fourth-order valence-electron chi connectivity index (χ4n) is 2.80. The van der Waals surface area contributed by atoms with Crippen LogP contribution in [0.4, 0.5) is 16.2 Å². The molecular formula is C20H18BrN3O3. The molecule has 0 bridgehead atoms. The normalized spacial score (nSPS) is 15.9. The van der Waals surface area contributed by atoms with Crippen LogP contribution in [0.25, 0.3) is 6.08 Å². The summed E-state index contributed by atoms with van der Waals surface area (Å²) in [4.78, 5) is 40.3. The van der Waals surface area contributed by atoms with Crippen LogP contribution in [0.3, 0.4) is 0 Å². The van der Waals surface area contributed by atoms with E-state index >= 15 is 0 Å². The van der Waals surface area contributed by atoms with Gasteiger partial charge in [0.2, 0.25) is 0 Å². The maximum atomic E-state index is 12.9. The molecule has 0 radical (unpaired) electrons. The van der Waals surface area contributed by atoms with Crippen molar-refractivity contribution in [2.75, 3.05) is 23.9 Å². The van der Waals surface area contributed by atoms with Gasteiger partial charge in [0.05, 0.1) is 11.4 Å². The molecule has 1 fully saturated rings. The SMILES string of the molecule is Cc1cccc(N2C(=O)NC(=O)/C(=C\c3ccc(N(C)C)c(Br)c3)C2=O)c1. The Kier molecular flexibility index (Phi) is 5.14. The van der Waals surface area contributed by atoms with Crippen LogP contribution in [0.2, 0.25) is 0 Å². The number of carbonyl (C=O) groups is 3. The standard InChI is InChI=1S/C20H18BrN3O3/c1-12-5-4-6-14(9-12)24-19(26)15(18(25)22-20(24)27)10-13-7-8-17(23(2)3)16(21)11-13/h4-11H,1-3H3,(H,22,25,27)/b15-10+. The molecule has 0 atom stereocenters. The van der Waals surface area contributed by atoms with Gasteiger partial charge < -0.3 is 4.90 Å². The van der Waals surface area contributed by atoms with E-state index in [1.807, 2.05) is 44.1 Å². The second-order valence-corrected chi connectivity index (χ2v) is 7.26. The lowest BCUT2D eigenvalue weighted by Crippen LogP contribution is -2.54. The number of rotatable bonds is 3. The molecule has 0 aromatic heterocycles. The van der Waals surface area contributed by atoms with Gasteiger partial charge in [-0.1, -0.05) is 18.2 Å². The zero-order valence-electron chi connectivity index (χ0n) is 15.1. The molecule has 6 nitrogen and oxygen atoms in total. The topological polar surface area (TPSA) is 69.7 Å². The monoisotopic (exact) mass is 427 g/mol. The summed E-state index contributed by atoms with van der Waals surface area (Å²) in [5.74, 6) is -1.36. The molecule has 138 valence electrons. The van der Waals surface area contributed by atoms with Crippen molar-refractivity contribution < 1.29 is 14.4 Å². The Morgan fingerprint density at radius 1 is 1.07 bits per heavy atom. The molecule has 1 heterocycles. The van der Waals surface area contributed by atoms with Crippen LogP contribution in [0.15, 0.2) is 52.5 Å². The largest absolute Gasteiger partial charge is 0.377 e. The van der Waals surface area contributed by atoms with Crippen molar-refractivity contribution in [3.63, 3.8) is 0 Å². The number of nitrogens with zero attached hydrogens (tertiary/aromatic N) is 2. The highest BCUT2D eigenvalue weighted by atomic mass is 79.9. The van der Waals surface area contributed by atoms with Crippen molar-refractivity contribution in [1.29, 1.82) is 0 Å². The Hall–Kier alpha value is -2.93. The zero-order valence-corrected chi connectivity index (χ0v) is 16.7. The summed E-state index contributed by atoms with van der Waals surface area (Å²) in [6.45, 7) is 1.86. The van der Waals surface area contributed by atoms with E-state index in [2.05, 4.69) is 21.2 Å². The highest BCUT2D eigenvalue weighted by Gasteiger charge is 2.36. The van der Waals surface area contributed by atoms with Gasteiger partial charge in [0.15, 0.2) is 0 Å². The zero-order chi connectivity index (χ0) is 19.7. The lowest BCUT2D eigenvalue weighted by atomic mass is 10.1. The molecule has 27 heavy (non-hydrogen) atoms. The van der Waals surface area contributed by atoms with Gasteiger partial charge in [0.25, 0.3) is 11.8 Å². The van der Waals surface area contributed by atoms with Gasteiger partial charge >= 0.3 is 6.03 Å². The maximum absolute atomic E-state index is 12.9. The Balaban J connectivity index is 2.00. The van der Waals surface area contributed by atoms with Gasteiger partial charge in [0, 0.05) is 18.6 Å². The van der Waals surface area contributed by atoms with Gasteiger partial charge in [-0.25, -0.2) is 9.69 Å². The highest BCUT2D eigenvalue weighted by molar-refractivity contribution is 9.10. The van der Waals surface area contributed by atoms with E-state index in [0.29, 0.717) is 11.3 Å². The molecule has 0 unspecified atom stereocenters. The number of aryl methyl sites for hydroxylation is 1. The van der Waals surface area contributed by atoms with E-state index < -0.39 is 17.8 Å². The summed E-state index contributed by atoms with van der Waals surface area (Å²) in [7, 11) is 3.84. The van der Waals surface area contributed by atoms with Gasteiger partial charge in [-0.15, -0.1) is 0 Å². The third-order valence-corrected chi connectivity index (χ3v) is 4.76. The average molecular weight is 428 g/mol. The predicted molar refractivity (Wildman–Crippen MR) is 109 cm³/mol. The first kappa shape index (κ1) is 18.8. The van der Waals surface area contributed by atoms with Crippen molar-refractivity contribution in [3.8, 4) is 0 Å². The third kappa shape index (κ3) is 3.78. The molecule has 0 saturated carbocycles. The molecule has 2 aromatic rings.